The first kappa shape index (κ1) is 28.9. The molecule has 0 saturated carbocycles. The molecule has 12 heteroatoms. The SMILES string of the molecule is Cn1cc(-c2ccnc(N3CCn4c(cc5c4CCCC5)C3=O)c2CO)cc(Nc2ccc(C(=O)N3CCOCC3)cn2)c1=O. The highest BCUT2D eigenvalue weighted by Gasteiger charge is 2.32. The number of morpholine rings is 1. The van der Waals surface area contributed by atoms with E-state index in [-0.39, 0.29) is 29.7 Å². The standard InChI is InChI=1S/C33H35N7O5/c1-37-19-23(16-26(32(37)43)36-29-7-6-22(18-35-29)31(42)38-12-14-45-15-13-38)24-8-9-34-30(25(24)20-41)40-11-10-39-27-5-3-2-4-21(27)17-28(39)33(40)44/h6-9,16-19,41H,2-5,10-15,20H2,1H3,(H,35,36). The fourth-order valence-corrected chi connectivity index (χ4v) is 6.61. The molecule has 0 bridgehead atoms. The number of amides is 2. The van der Waals surface area contributed by atoms with E-state index in [0.717, 1.165) is 25.7 Å². The Labute approximate surface area is 259 Å². The van der Waals surface area contributed by atoms with E-state index in [0.29, 0.717) is 79.0 Å². The van der Waals surface area contributed by atoms with E-state index in [1.54, 1.807) is 53.5 Å². The summed E-state index contributed by atoms with van der Waals surface area (Å²) < 4.78 is 8.94. The Morgan fingerprint density at radius 1 is 1.02 bits per heavy atom. The Balaban J connectivity index is 1.17. The summed E-state index contributed by atoms with van der Waals surface area (Å²) in [5.74, 6) is 0.584. The van der Waals surface area contributed by atoms with Crippen molar-refractivity contribution < 1.29 is 19.4 Å². The van der Waals surface area contributed by atoms with Gasteiger partial charge in [-0.15, -0.1) is 0 Å². The van der Waals surface area contributed by atoms with Crippen molar-refractivity contribution in [3.63, 3.8) is 0 Å². The third kappa shape index (κ3) is 5.29. The summed E-state index contributed by atoms with van der Waals surface area (Å²) in [6.45, 7) is 2.88. The Morgan fingerprint density at radius 2 is 1.84 bits per heavy atom. The van der Waals surface area contributed by atoms with Crippen LogP contribution in [0.1, 0.15) is 50.5 Å². The van der Waals surface area contributed by atoms with Gasteiger partial charge in [-0.25, -0.2) is 9.97 Å². The second-order valence-electron chi connectivity index (χ2n) is 11.7. The summed E-state index contributed by atoms with van der Waals surface area (Å²) >= 11 is 0. The molecule has 2 aliphatic heterocycles. The first-order valence-electron chi connectivity index (χ1n) is 15.4. The maximum atomic E-state index is 13.8. The summed E-state index contributed by atoms with van der Waals surface area (Å²) in [5.41, 5.74) is 5.48. The number of aryl methyl sites for hydroxylation is 2. The lowest BCUT2D eigenvalue weighted by Gasteiger charge is -2.30. The van der Waals surface area contributed by atoms with Gasteiger partial charge in [0.25, 0.3) is 17.4 Å². The number of carbonyl (C=O) groups excluding carboxylic acids is 2. The molecule has 0 atom stereocenters. The average Bonchev–Trinajstić information content (AvgIpc) is 3.47. The number of nitrogens with one attached hydrogen (secondary N) is 1. The predicted molar refractivity (Wildman–Crippen MR) is 168 cm³/mol. The largest absolute Gasteiger partial charge is 0.392 e. The highest BCUT2D eigenvalue weighted by Crippen LogP contribution is 2.34. The number of hydrogen-bond acceptors (Lipinski definition) is 8. The second kappa shape index (κ2) is 11.9. The van der Waals surface area contributed by atoms with Crippen LogP contribution in [-0.2, 0) is 37.8 Å². The van der Waals surface area contributed by atoms with Crippen LogP contribution in [-0.4, -0.2) is 73.8 Å². The minimum absolute atomic E-state index is 0.111. The number of pyridine rings is 3. The van der Waals surface area contributed by atoms with E-state index in [1.165, 1.54) is 22.0 Å². The molecule has 0 radical (unpaired) electrons. The molecule has 6 heterocycles. The molecule has 3 aliphatic rings. The molecular formula is C33H35N7O5. The zero-order chi connectivity index (χ0) is 31.1. The summed E-state index contributed by atoms with van der Waals surface area (Å²) in [6, 6.07) is 8.85. The van der Waals surface area contributed by atoms with Gasteiger partial charge in [-0.2, -0.15) is 0 Å². The molecule has 1 fully saturated rings. The van der Waals surface area contributed by atoms with Crippen molar-refractivity contribution in [2.24, 2.45) is 7.05 Å². The van der Waals surface area contributed by atoms with Gasteiger partial charge in [-0.05, 0) is 67.1 Å². The van der Waals surface area contributed by atoms with Crippen LogP contribution in [0, 0.1) is 0 Å². The first-order valence-corrected chi connectivity index (χ1v) is 15.4. The van der Waals surface area contributed by atoms with Crippen molar-refractivity contribution in [3.05, 3.63) is 87.4 Å². The van der Waals surface area contributed by atoms with Crippen LogP contribution in [0.4, 0.5) is 17.3 Å². The third-order valence-corrected chi connectivity index (χ3v) is 8.93. The van der Waals surface area contributed by atoms with Gasteiger partial charge in [0.2, 0.25) is 0 Å². The van der Waals surface area contributed by atoms with Gasteiger partial charge in [0, 0.05) is 68.6 Å². The topological polar surface area (TPSA) is 135 Å². The molecule has 1 aliphatic carbocycles. The van der Waals surface area contributed by atoms with Crippen LogP contribution in [0.3, 0.4) is 0 Å². The quantitative estimate of drug-likeness (QED) is 0.341. The molecule has 7 rings (SSSR count). The van der Waals surface area contributed by atoms with E-state index in [4.69, 9.17) is 4.74 Å². The summed E-state index contributed by atoms with van der Waals surface area (Å²) in [6.07, 6.45) is 9.08. The fraction of sp³-hybridized carbons (Fsp3) is 0.364. The van der Waals surface area contributed by atoms with Gasteiger partial charge in [0.15, 0.2) is 0 Å². The molecule has 4 aromatic rings. The van der Waals surface area contributed by atoms with Crippen LogP contribution in [0.2, 0.25) is 0 Å². The first-order chi connectivity index (χ1) is 21.9. The van der Waals surface area contributed by atoms with Gasteiger partial charge in [0.1, 0.15) is 23.0 Å². The summed E-state index contributed by atoms with van der Waals surface area (Å²) in [4.78, 5) is 52.0. The average molecular weight is 610 g/mol. The van der Waals surface area contributed by atoms with E-state index >= 15 is 0 Å². The number of rotatable bonds is 6. The molecule has 0 unspecified atom stereocenters. The van der Waals surface area contributed by atoms with Crippen LogP contribution >= 0.6 is 0 Å². The lowest BCUT2D eigenvalue weighted by Crippen LogP contribution is -2.41. The van der Waals surface area contributed by atoms with E-state index in [9.17, 15) is 19.5 Å². The third-order valence-electron chi connectivity index (χ3n) is 8.93. The van der Waals surface area contributed by atoms with Gasteiger partial charge in [0.05, 0.1) is 25.4 Å². The number of aliphatic hydroxyl groups is 1. The Hall–Kier alpha value is -4.81. The number of aliphatic hydroxyl groups excluding tert-OH is 1. The Kier molecular flexibility index (Phi) is 7.68. The number of anilines is 3. The molecule has 232 valence electrons. The van der Waals surface area contributed by atoms with Gasteiger partial charge < -0.3 is 29.2 Å². The smallest absolute Gasteiger partial charge is 0.276 e. The lowest BCUT2D eigenvalue weighted by atomic mass is 9.98. The zero-order valence-corrected chi connectivity index (χ0v) is 25.2. The summed E-state index contributed by atoms with van der Waals surface area (Å²) in [5, 5.41) is 13.7. The second-order valence-corrected chi connectivity index (χ2v) is 11.7. The normalized spacial score (nSPS) is 16.4. The Bertz CT molecular complexity index is 1840. The molecule has 12 nitrogen and oxygen atoms in total. The van der Waals surface area contributed by atoms with Gasteiger partial charge >= 0.3 is 0 Å². The van der Waals surface area contributed by atoms with E-state index in [2.05, 4.69) is 19.9 Å². The van der Waals surface area contributed by atoms with Gasteiger partial charge in [-0.1, -0.05) is 0 Å². The van der Waals surface area contributed by atoms with E-state index < -0.39 is 0 Å². The molecule has 1 saturated heterocycles. The highest BCUT2D eigenvalue weighted by molar-refractivity contribution is 6.06. The predicted octanol–water partition coefficient (Wildman–Crippen LogP) is 2.89. The highest BCUT2D eigenvalue weighted by atomic mass is 16.5. The van der Waals surface area contributed by atoms with Crippen LogP contribution in [0.5, 0.6) is 0 Å². The zero-order valence-electron chi connectivity index (χ0n) is 25.2. The van der Waals surface area contributed by atoms with Crippen LogP contribution < -0.4 is 15.8 Å². The number of ether oxygens (including phenoxy) is 1. The number of fused-ring (bicyclic) bond motifs is 3. The van der Waals surface area contributed by atoms with Crippen LogP contribution in [0.15, 0.2) is 53.7 Å². The molecule has 2 N–H and O–H groups in total. The van der Waals surface area contributed by atoms with Crippen molar-refractivity contribution in [1.82, 2.24) is 24.0 Å². The molecule has 0 spiro atoms. The van der Waals surface area contributed by atoms with Crippen molar-refractivity contribution in [3.8, 4) is 11.1 Å². The number of hydrogen-bond donors (Lipinski definition) is 2. The van der Waals surface area contributed by atoms with Crippen molar-refractivity contribution in [2.75, 3.05) is 43.1 Å². The molecule has 45 heavy (non-hydrogen) atoms. The summed E-state index contributed by atoms with van der Waals surface area (Å²) in [7, 11) is 1.65. The molecule has 2 amide bonds. The van der Waals surface area contributed by atoms with Gasteiger partial charge in [-0.3, -0.25) is 19.3 Å². The number of aromatic nitrogens is 4. The van der Waals surface area contributed by atoms with Crippen molar-refractivity contribution >= 4 is 29.1 Å². The minimum atomic E-state index is -0.342. The monoisotopic (exact) mass is 609 g/mol. The molecular weight excluding hydrogens is 574 g/mol. The minimum Gasteiger partial charge on any atom is -0.392 e. The molecule has 4 aromatic heterocycles. The maximum Gasteiger partial charge on any atom is 0.276 e. The van der Waals surface area contributed by atoms with E-state index in [1.807, 2.05) is 6.07 Å². The Morgan fingerprint density at radius 3 is 2.62 bits per heavy atom. The lowest BCUT2D eigenvalue weighted by molar-refractivity contribution is 0.0302. The molecule has 0 aromatic carbocycles. The number of carbonyl (C=O) groups is 2. The van der Waals surface area contributed by atoms with Crippen molar-refractivity contribution in [2.45, 2.75) is 38.8 Å². The number of nitrogens with zero attached hydrogens (tertiary/aromatic N) is 6. The fourth-order valence-electron chi connectivity index (χ4n) is 6.61. The van der Waals surface area contributed by atoms with Crippen molar-refractivity contribution in [1.29, 1.82) is 0 Å². The maximum absolute atomic E-state index is 13.8. The van der Waals surface area contributed by atoms with Crippen LogP contribution in [0.25, 0.3) is 11.1 Å².